The topological polar surface area (TPSA) is 92.5 Å². The van der Waals surface area contributed by atoms with Crippen LogP contribution in [0.25, 0.3) is 10.9 Å². The maximum absolute atomic E-state index is 12.2. The molecule has 7 nitrogen and oxygen atoms in total. The van der Waals surface area contributed by atoms with Crippen molar-refractivity contribution in [1.82, 2.24) is 14.5 Å². The van der Waals surface area contributed by atoms with Crippen molar-refractivity contribution in [2.45, 2.75) is 13.0 Å². The maximum Gasteiger partial charge on any atom is 0.305 e. The van der Waals surface area contributed by atoms with E-state index in [1.165, 1.54) is 22.8 Å². The van der Waals surface area contributed by atoms with Crippen LogP contribution in [0.1, 0.15) is 6.42 Å². The number of para-hydroxylation sites is 1. The van der Waals surface area contributed by atoms with Crippen LogP contribution in [0.3, 0.4) is 0 Å². The smallest absolute Gasteiger partial charge is 0.305 e. The number of carbonyl (C=O) groups excluding carboxylic acids is 1. The third kappa shape index (κ3) is 3.44. The molecule has 2 rings (SSSR count). The second kappa shape index (κ2) is 6.17. The van der Waals surface area contributed by atoms with Gasteiger partial charge < -0.3 is 10.0 Å². The SMILES string of the molecule is CN(CCC(=O)O)C(=O)Cn1cnc2ccccc2c1=O. The lowest BCUT2D eigenvalue weighted by Gasteiger charge is -2.16. The number of hydrogen-bond acceptors (Lipinski definition) is 4. The maximum atomic E-state index is 12.2. The minimum absolute atomic E-state index is 0.101. The first-order valence-electron chi connectivity index (χ1n) is 6.39. The Hall–Kier alpha value is -2.70. The minimum Gasteiger partial charge on any atom is -0.481 e. The fourth-order valence-electron chi connectivity index (χ4n) is 1.87. The summed E-state index contributed by atoms with van der Waals surface area (Å²) in [6.45, 7) is -0.0588. The van der Waals surface area contributed by atoms with E-state index in [1.54, 1.807) is 24.3 Å². The first kappa shape index (κ1) is 14.7. The number of carboxylic acid groups (broad SMARTS) is 1. The number of fused-ring (bicyclic) bond motifs is 1. The summed E-state index contributed by atoms with van der Waals surface area (Å²) < 4.78 is 1.22. The van der Waals surface area contributed by atoms with E-state index in [9.17, 15) is 14.4 Å². The predicted octanol–water partition coefficient (Wildman–Crippen LogP) is 0.330. The van der Waals surface area contributed by atoms with E-state index in [0.29, 0.717) is 10.9 Å². The molecule has 0 radical (unpaired) electrons. The van der Waals surface area contributed by atoms with Gasteiger partial charge in [0.1, 0.15) is 6.54 Å². The molecule has 1 aromatic carbocycles. The quantitative estimate of drug-likeness (QED) is 0.856. The van der Waals surface area contributed by atoms with Gasteiger partial charge in [0.25, 0.3) is 5.56 Å². The van der Waals surface area contributed by atoms with E-state index in [2.05, 4.69) is 4.98 Å². The number of carbonyl (C=O) groups is 2. The van der Waals surface area contributed by atoms with Crippen molar-refractivity contribution in [2.75, 3.05) is 13.6 Å². The third-order valence-corrected chi connectivity index (χ3v) is 3.12. The average Bonchev–Trinajstić information content (AvgIpc) is 2.47. The summed E-state index contributed by atoms with van der Waals surface area (Å²) in [5.74, 6) is -1.31. The molecule has 0 spiro atoms. The normalized spacial score (nSPS) is 10.5. The molecule has 2 aromatic rings. The van der Waals surface area contributed by atoms with Crippen molar-refractivity contribution in [3.8, 4) is 0 Å². The molecule has 0 saturated carbocycles. The van der Waals surface area contributed by atoms with Gasteiger partial charge in [0.15, 0.2) is 0 Å². The fraction of sp³-hybridized carbons (Fsp3) is 0.286. The molecule has 0 aliphatic carbocycles. The second-order valence-corrected chi connectivity index (χ2v) is 4.65. The van der Waals surface area contributed by atoms with E-state index < -0.39 is 5.97 Å². The lowest BCUT2D eigenvalue weighted by molar-refractivity contribution is -0.138. The molecular weight excluding hydrogens is 274 g/mol. The van der Waals surface area contributed by atoms with Crippen molar-refractivity contribution in [2.24, 2.45) is 0 Å². The van der Waals surface area contributed by atoms with Gasteiger partial charge in [0.2, 0.25) is 5.91 Å². The minimum atomic E-state index is -0.973. The Bertz CT molecular complexity index is 738. The van der Waals surface area contributed by atoms with Crippen molar-refractivity contribution in [3.63, 3.8) is 0 Å². The Balaban J connectivity index is 2.16. The fourth-order valence-corrected chi connectivity index (χ4v) is 1.87. The van der Waals surface area contributed by atoms with Gasteiger partial charge >= 0.3 is 5.97 Å². The van der Waals surface area contributed by atoms with E-state index in [4.69, 9.17) is 5.11 Å². The van der Waals surface area contributed by atoms with E-state index in [0.717, 1.165) is 0 Å². The van der Waals surface area contributed by atoms with E-state index >= 15 is 0 Å². The summed E-state index contributed by atoms with van der Waals surface area (Å²) in [6, 6.07) is 6.89. The zero-order valence-electron chi connectivity index (χ0n) is 11.5. The second-order valence-electron chi connectivity index (χ2n) is 4.65. The molecule has 1 aromatic heterocycles. The van der Waals surface area contributed by atoms with Crippen LogP contribution in [0.4, 0.5) is 0 Å². The van der Waals surface area contributed by atoms with Gasteiger partial charge in [-0.25, -0.2) is 4.98 Å². The molecular formula is C14H15N3O4. The van der Waals surface area contributed by atoms with Gasteiger partial charge in [0.05, 0.1) is 23.7 Å². The predicted molar refractivity (Wildman–Crippen MR) is 75.9 cm³/mol. The summed E-state index contributed by atoms with van der Waals surface area (Å²) in [4.78, 5) is 40.1. The molecule has 0 aliphatic rings. The van der Waals surface area contributed by atoms with Crippen LogP contribution < -0.4 is 5.56 Å². The average molecular weight is 289 g/mol. The highest BCUT2D eigenvalue weighted by atomic mass is 16.4. The lowest BCUT2D eigenvalue weighted by atomic mass is 10.2. The van der Waals surface area contributed by atoms with Crippen LogP contribution in [-0.2, 0) is 16.1 Å². The van der Waals surface area contributed by atoms with Crippen LogP contribution in [-0.4, -0.2) is 45.0 Å². The van der Waals surface area contributed by atoms with Crippen molar-refractivity contribution in [3.05, 3.63) is 40.9 Å². The largest absolute Gasteiger partial charge is 0.481 e. The van der Waals surface area contributed by atoms with Crippen LogP contribution >= 0.6 is 0 Å². The molecule has 0 bridgehead atoms. The number of hydrogen-bond donors (Lipinski definition) is 1. The van der Waals surface area contributed by atoms with Crippen molar-refractivity contribution < 1.29 is 14.7 Å². The highest BCUT2D eigenvalue weighted by Gasteiger charge is 2.12. The molecule has 0 saturated heterocycles. The standard InChI is InChI=1S/C14H15N3O4/c1-16(7-6-13(19)20)12(18)8-17-9-15-11-5-3-2-4-10(11)14(17)21/h2-5,9H,6-8H2,1H3,(H,19,20). The Morgan fingerprint density at radius 1 is 1.33 bits per heavy atom. The molecule has 1 heterocycles. The molecule has 21 heavy (non-hydrogen) atoms. The first-order valence-corrected chi connectivity index (χ1v) is 6.39. The highest BCUT2D eigenvalue weighted by molar-refractivity contribution is 5.79. The third-order valence-electron chi connectivity index (χ3n) is 3.12. The Morgan fingerprint density at radius 2 is 2.05 bits per heavy atom. The number of nitrogens with zero attached hydrogens (tertiary/aromatic N) is 3. The van der Waals surface area contributed by atoms with Crippen LogP contribution in [0.5, 0.6) is 0 Å². The van der Waals surface area contributed by atoms with Crippen LogP contribution in [0.2, 0.25) is 0 Å². The molecule has 0 unspecified atom stereocenters. The zero-order chi connectivity index (χ0) is 15.4. The van der Waals surface area contributed by atoms with E-state index in [-0.39, 0.29) is 31.0 Å². The Kier molecular flexibility index (Phi) is 4.32. The number of aliphatic carboxylic acids is 1. The summed E-state index contributed by atoms with van der Waals surface area (Å²) in [6.07, 6.45) is 1.20. The molecule has 0 fully saturated rings. The summed E-state index contributed by atoms with van der Waals surface area (Å²) in [5.41, 5.74) is 0.283. The molecule has 1 N–H and O–H groups in total. The Morgan fingerprint density at radius 3 is 2.76 bits per heavy atom. The number of amides is 1. The number of carboxylic acids is 1. The number of likely N-dealkylation sites (N-methyl/N-ethyl adjacent to an activating group) is 1. The monoisotopic (exact) mass is 289 g/mol. The van der Waals surface area contributed by atoms with Gasteiger partial charge in [-0.15, -0.1) is 0 Å². The number of rotatable bonds is 5. The van der Waals surface area contributed by atoms with Gasteiger partial charge in [0, 0.05) is 13.6 Å². The molecule has 1 amide bonds. The Labute approximate surface area is 120 Å². The molecule has 110 valence electrons. The molecule has 0 aliphatic heterocycles. The summed E-state index contributed by atoms with van der Waals surface area (Å²) in [7, 11) is 1.50. The first-order chi connectivity index (χ1) is 9.99. The van der Waals surface area contributed by atoms with Crippen LogP contribution in [0, 0.1) is 0 Å². The van der Waals surface area contributed by atoms with Crippen molar-refractivity contribution >= 4 is 22.8 Å². The molecule has 0 atom stereocenters. The van der Waals surface area contributed by atoms with Gasteiger partial charge in [-0.2, -0.15) is 0 Å². The van der Waals surface area contributed by atoms with Gasteiger partial charge in [-0.1, -0.05) is 12.1 Å². The summed E-state index contributed by atoms with van der Waals surface area (Å²) in [5, 5.41) is 9.04. The lowest BCUT2D eigenvalue weighted by Crippen LogP contribution is -2.35. The van der Waals surface area contributed by atoms with Gasteiger partial charge in [-0.05, 0) is 12.1 Å². The zero-order valence-corrected chi connectivity index (χ0v) is 11.5. The van der Waals surface area contributed by atoms with Gasteiger partial charge in [-0.3, -0.25) is 19.0 Å². The summed E-state index contributed by atoms with van der Waals surface area (Å²) >= 11 is 0. The van der Waals surface area contributed by atoms with E-state index in [1.807, 2.05) is 0 Å². The number of aromatic nitrogens is 2. The van der Waals surface area contributed by atoms with Crippen molar-refractivity contribution in [1.29, 1.82) is 0 Å². The van der Waals surface area contributed by atoms with Crippen LogP contribution in [0.15, 0.2) is 35.4 Å². The highest BCUT2D eigenvalue weighted by Crippen LogP contribution is 2.04. The number of benzene rings is 1. The molecule has 7 heteroatoms.